The first-order valence-corrected chi connectivity index (χ1v) is 6.17. The highest BCUT2D eigenvalue weighted by atomic mass is 19.4. The van der Waals surface area contributed by atoms with Crippen LogP contribution in [0.25, 0.3) is 0 Å². The summed E-state index contributed by atoms with van der Waals surface area (Å²) >= 11 is 0. The van der Waals surface area contributed by atoms with Gasteiger partial charge < -0.3 is 15.2 Å². The molecule has 0 aliphatic carbocycles. The molecule has 6 heteroatoms. The summed E-state index contributed by atoms with van der Waals surface area (Å²) in [7, 11) is 1.45. The fourth-order valence-corrected chi connectivity index (χ4v) is 1.81. The van der Waals surface area contributed by atoms with Crippen LogP contribution in [0.1, 0.15) is 11.1 Å². The van der Waals surface area contributed by atoms with Crippen molar-refractivity contribution in [3.8, 4) is 11.5 Å². The van der Waals surface area contributed by atoms with E-state index in [4.69, 9.17) is 4.74 Å². The van der Waals surface area contributed by atoms with E-state index in [0.29, 0.717) is 18.0 Å². The number of rotatable bonds is 4. The summed E-state index contributed by atoms with van der Waals surface area (Å²) in [5.41, 5.74) is 0.735. The lowest BCUT2D eigenvalue weighted by molar-refractivity contribution is -0.137. The van der Waals surface area contributed by atoms with Crippen LogP contribution >= 0.6 is 0 Å². The Hall–Kier alpha value is -2.37. The molecule has 2 aromatic carbocycles. The Bertz CT molecular complexity index is 609. The zero-order valence-electron chi connectivity index (χ0n) is 11.2. The summed E-state index contributed by atoms with van der Waals surface area (Å²) in [5, 5.41) is 12.5. The Morgan fingerprint density at radius 2 is 1.76 bits per heavy atom. The number of alkyl halides is 3. The Morgan fingerprint density at radius 1 is 1.10 bits per heavy atom. The molecule has 0 saturated heterocycles. The molecule has 0 heterocycles. The number of aromatic hydroxyl groups is 1. The third kappa shape index (κ3) is 3.81. The number of phenols is 1. The standard InChI is InChI=1S/C15H14F3NO2/c1-21-14-8-10(2-7-13(14)20)9-19-12-5-3-11(4-6-12)15(16,17)18/h2-8,19-20H,9H2,1H3. The van der Waals surface area contributed by atoms with Crippen LogP contribution < -0.4 is 10.1 Å². The van der Waals surface area contributed by atoms with Crippen LogP contribution in [-0.4, -0.2) is 12.2 Å². The van der Waals surface area contributed by atoms with E-state index in [1.165, 1.54) is 25.3 Å². The molecule has 0 unspecified atom stereocenters. The number of hydrogen-bond acceptors (Lipinski definition) is 3. The third-order valence-electron chi connectivity index (χ3n) is 2.95. The van der Waals surface area contributed by atoms with Crippen molar-refractivity contribution < 1.29 is 23.0 Å². The monoisotopic (exact) mass is 297 g/mol. The topological polar surface area (TPSA) is 41.5 Å². The van der Waals surface area contributed by atoms with Gasteiger partial charge in [-0.15, -0.1) is 0 Å². The first kappa shape index (κ1) is 15.0. The van der Waals surface area contributed by atoms with Crippen LogP contribution in [0.4, 0.5) is 18.9 Å². The van der Waals surface area contributed by atoms with Crippen LogP contribution in [0.2, 0.25) is 0 Å². The maximum Gasteiger partial charge on any atom is 0.416 e. The highest BCUT2D eigenvalue weighted by molar-refractivity contribution is 5.47. The second-order valence-corrected chi connectivity index (χ2v) is 4.43. The molecule has 0 amide bonds. The molecule has 2 rings (SSSR count). The average Bonchev–Trinajstić information content (AvgIpc) is 2.46. The molecule has 2 N–H and O–H groups in total. The number of anilines is 1. The Balaban J connectivity index is 2.03. The molecule has 2 aromatic rings. The average molecular weight is 297 g/mol. The first-order chi connectivity index (χ1) is 9.90. The lowest BCUT2D eigenvalue weighted by atomic mass is 10.1. The van der Waals surface area contributed by atoms with Crippen molar-refractivity contribution in [3.63, 3.8) is 0 Å². The molecule has 0 saturated carbocycles. The summed E-state index contributed by atoms with van der Waals surface area (Å²) in [4.78, 5) is 0. The second-order valence-electron chi connectivity index (χ2n) is 4.43. The molecule has 112 valence electrons. The minimum Gasteiger partial charge on any atom is -0.504 e. The highest BCUT2D eigenvalue weighted by Crippen LogP contribution is 2.30. The fourth-order valence-electron chi connectivity index (χ4n) is 1.81. The van der Waals surface area contributed by atoms with Crippen molar-refractivity contribution in [2.45, 2.75) is 12.7 Å². The normalized spacial score (nSPS) is 11.2. The van der Waals surface area contributed by atoms with Gasteiger partial charge in [-0.25, -0.2) is 0 Å². The van der Waals surface area contributed by atoms with E-state index in [0.717, 1.165) is 17.7 Å². The van der Waals surface area contributed by atoms with Gasteiger partial charge in [-0.05, 0) is 42.0 Å². The number of hydrogen-bond donors (Lipinski definition) is 2. The van der Waals surface area contributed by atoms with Gasteiger partial charge in [0, 0.05) is 12.2 Å². The molecular weight excluding hydrogens is 283 g/mol. The molecule has 0 atom stereocenters. The largest absolute Gasteiger partial charge is 0.504 e. The number of halogens is 3. The summed E-state index contributed by atoms with van der Waals surface area (Å²) in [6.07, 6.45) is -4.33. The van der Waals surface area contributed by atoms with Crippen molar-refractivity contribution >= 4 is 5.69 Å². The molecule has 0 radical (unpaired) electrons. The van der Waals surface area contributed by atoms with Crippen molar-refractivity contribution in [3.05, 3.63) is 53.6 Å². The quantitative estimate of drug-likeness (QED) is 0.895. The molecule has 0 fully saturated rings. The summed E-state index contributed by atoms with van der Waals surface area (Å²) in [5.74, 6) is 0.387. The third-order valence-corrected chi connectivity index (χ3v) is 2.95. The van der Waals surface area contributed by atoms with E-state index in [2.05, 4.69) is 5.32 Å². The van der Waals surface area contributed by atoms with E-state index in [1.807, 2.05) is 0 Å². The second kappa shape index (κ2) is 5.95. The number of ether oxygens (including phenoxy) is 1. The highest BCUT2D eigenvalue weighted by Gasteiger charge is 2.29. The maximum atomic E-state index is 12.4. The maximum absolute atomic E-state index is 12.4. The molecular formula is C15H14F3NO2. The van der Waals surface area contributed by atoms with E-state index < -0.39 is 11.7 Å². The van der Waals surface area contributed by atoms with Crippen molar-refractivity contribution in [2.75, 3.05) is 12.4 Å². The van der Waals surface area contributed by atoms with E-state index >= 15 is 0 Å². The number of methoxy groups -OCH3 is 1. The molecule has 0 bridgehead atoms. The van der Waals surface area contributed by atoms with Crippen LogP contribution in [0.15, 0.2) is 42.5 Å². The van der Waals surface area contributed by atoms with Gasteiger partial charge in [-0.1, -0.05) is 6.07 Å². The fraction of sp³-hybridized carbons (Fsp3) is 0.200. The van der Waals surface area contributed by atoms with Crippen LogP contribution in [-0.2, 0) is 12.7 Å². The first-order valence-electron chi connectivity index (χ1n) is 6.17. The van der Waals surface area contributed by atoms with Crippen LogP contribution in [0.3, 0.4) is 0 Å². The van der Waals surface area contributed by atoms with E-state index in [9.17, 15) is 18.3 Å². The van der Waals surface area contributed by atoms with Gasteiger partial charge in [0.15, 0.2) is 11.5 Å². The lowest BCUT2D eigenvalue weighted by Crippen LogP contribution is -2.05. The number of benzene rings is 2. The zero-order chi connectivity index (χ0) is 15.5. The molecule has 21 heavy (non-hydrogen) atoms. The van der Waals surface area contributed by atoms with Gasteiger partial charge in [-0.2, -0.15) is 13.2 Å². The van der Waals surface area contributed by atoms with Crippen molar-refractivity contribution in [1.29, 1.82) is 0 Å². The Labute approximate surface area is 120 Å². The van der Waals surface area contributed by atoms with Gasteiger partial charge in [0.25, 0.3) is 0 Å². The predicted octanol–water partition coefficient (Wildman–Crippen LogP) is 4.03. The van der Waals surface area contributed by atoms with Gasteiger partial charge >= 0.3 is 6.18 Å². The van der Waals surface area contributed by atoms with Gasteiger partial charge in [0.1, 0.15) is 0 Å². The lowest BCUT2D eigenvalue weighted by Gasteiger charge is -2.10. The Morgan fingerprint density at radius 3 is 2.33 bits per heavy atom. The molecule has 0 aliphatic heterocycles. The Kier molecular flexibility index (Phi) is 4.26. The van der Waals surface area contributed by atoms with E-state index in [-0.39, 0.29) is 5.75 Å². The number of nitrogens with one attached hydrogen (secondary N) is 1. The summed E-state index contributed by atoms with van der Waals surface area (Å²) in [6, 6.07) is 9.67. The molecule has 0 aromatic heterocycles. The predicted molar refractivity (Wildman–Crippen MR) is 73.4 cm³/mol. The van der Waals surface area contributed by atoms with Gasteiger partial charge in [-0.3, -0.25) is 0 Å². The van der Waals surface area contributed by atoms with Gasteiger partial charge in [0.2, 0.25) is 0 Å². The van der Waals surface area contributed by atoms with Crippen LogP contribution in [0.5, 0.6) is 11.5 Å². The zero-order valence-corrected chi connectivity index (χ0v) is 11.2. The van der Waals surface area contributed by atoms with Gasteiger partial charge in [0.05, 0.1) is 12.7 Å². The smallest absolute Gasteiger partial charge is 0.416 e. The summed E-state index contributed by atoms with van der Waals surface area (Å²) in [6.45, 7) is 0.405. The van der Waals surface area contributed by atoms with Crippen LogP contribution in [0, 0.1) is 0 Å². The summed E-state index contributed by atoms with van der Waals surface area (Å²) < 4.78 is 42.3. The number of phenolic OH excluding ortho intramolecular Hbond substituents is 1. The molecule has 3 nitrogen and oxygen atoms in total. The van der Waals surface area contributed by atoms with Crippen molar-refractivity contribution in [1.82, 2.24) is 0 Å². The van der Waals surface area contributed by atoms with E-state index in [1.54, 1.807) is 12.1 Å². The molecule has 0 spiro atoms. The minimum atomic E-state index is -4.33. The van der Waals surface area contributed by atoms with Crippen molar-refractivity contribution in [2.24, 2.45) is 0 Å². The molecule has 0 aliphatic rings. The minimum absolute atomic E-state index is 0.0378. The SMILES string of the molecule is COc1cc(CNc2ccc(C(F)(F)F)cc2)ccc1O.